The molecule has 0 amide bonds. The highest BCUT2D eigenvalue weighted by molar-refractivity contribution is 5.75. The van der Waals surface area contributed by atoms with E-state index in [1.165, 1.54) is 0 Å². The first-order valence-electron chi connectivity index (χ1n) is 7.98. The first-order valence-corrected chi connectivity index (χ1v) is 7.98. The Bertz CT molecular complexity index is 502. The van der Waals surface area contributed by atoms with Crippen molar-refractivity contribution in [1.82, 2.24) is 0 Å². The zero-order chi connectivity index (χ0) is 18.3. The Kier molecular flexibility index (Phi) is 5.58. The Morgan fingerprint density at radius 1 is 0.920 bits per heavy atom. The summed E-state index contributed by atoms with van der Waals surface area (Å²) in [6.07, 6.45) is -11.6. The van der Waals surface area contributed by atoms with Crippen LogP contribution in [0.5, 0.6) is 0 Å². The highest BCUT2D eigenvalue weighted by atomic mass is 16.7. The standard InChI is InChI=1S/C14H23NO10/c1-4-15-7-9(19)12(6(3-17)24-13(7)22-4)25-14-11(21)10(20)8(18)5(2-16)23-14/h5-14,16-21H,2-3H2,1H3/t5?,6?,7?,8-,9-,10+,11?,12-,13+,14+/m1/s1. The summed E-state index contributed by atoms with van der Waals surface area (Å²) in [4.78, 5) is 4.11. The van der Waals surface area contributed by atoms with Crippen LogP contribution in [0, 0.1) is 0 Å². The lowest BCUT2D eigenvalue weighted by molar-refractivity contribution is -0.341. The Hall–Kier alpha value is -0.890. The normalized spacial score (nSPS) is 50.1. The third kappa shape index (κ3) is 3.39. The van der Waals surface area contributed by atoms with Crippen LogP contribution in [-0.4, -0.2) is 111 Å². The monoisotopic (exact) mass is 365 g/mol. The molecule has 6 N–H and O–H groups in total. The van der Waals surface area contributed by atoms with Gasteiger partial charge in [-0.05, 0) is 0 Å². The van der Waals surface area contributed by atoms with Gasteiger partial charge >= 0.3 is 0 Å². The van der Waals surface area contributed by atoms with Crippen LogP contribution in [0.1, 0.15) is 6.92 Å². The van der Waals surface area contributed by atoms with E-state index >= 15 is 0 Å². The van der Waals surface area contributed by atoms with Crippen molar-refractivity contribution in [3.63, 3.8) is 0 Å². The van der Waals surface area contributed by atoms with Crippen molar-refractivity contribution in [2.75, 3.05) is 13.2 Å². The molecule has 2 saturated heterocycles. The first-order chi connectivity index (χ1) is 11.9. The Morgan fingerprint density at radius 3 is 2.24 bits per heavy atom. The molecule has 11 nitrogen and oxygen atoms in total. The minimum Gasteiger partial charge on any atom is -0.450 e. The quantitative estimate of drug-likeness (QED) is 0.289. The number of fused-ring (bicyclic) bond motifs is 1. The number of hydrogen-bond acceptors (Lipinski definition) is 11. The number of hydrogen-bond donors (Lipinski definition) is 6. The maximum absolute atomic E-state index is 10.5. The van der Waals surface area contributed by atoms with E-state index in [4.69, 9.17) is 18.9 Å². The van der Waals surface area contributed by atoms with Crippen molar-refractivity contribution < 1.29 is 49.6 Å². The summed E-state index contributed by atoms with van der Waals surface area (Å²) in [7, 11) is 0. The van der Waals surface area contributed by atoms with E-state index in [0.29, 0.717) is 5.90 Å². The molecule has 3 heterocycles. The Morgan fingerprint density at radius 2 is 1.60 bits per heavy atom. The minimum atomic E-state index is -1.63. The molecule has 0 aromatic heterocycles. The second-order valence-electron chi connectivity index (χ2n) is 6.27. The van der Waals surface area contributed by atoms with E-state index < -0.39 is 74.6 Å². The van der Waals surface area contributed by atoms with Crippen molar-refractivity contribution >= 4 is 5.90 Å². The number of ether oxygens (including phenoxy) is 4. The summed E-state index contributed by atoms with van der Waals surface area (Å²) < 4.78 is 21.6. The van der Waals surface area contributed by atoms with Crippen molar-refractivity contribution in [3.8, 4) is 0 Å². The summed E-state index contributed by atoms with van der Waals surface area (Å²) in [5.41, 5.74) is 0. The SMILES string of the molecule is CC1=NC2[C@@H](O1)OC(CO)[C@@H](O[C@@H]1OC(CO)[C@@H](O)[C@H](O)C1O)[C@@H]2O. The predicted octanol–water partition coefficient (Wildman–Crippen LogP) is -3.93. The smallest absolute Gasteiger partial charge is 0.227 e. The second-order valence-corrected chi connectivity index (χ2v) is 6.27. The zero-order valence-corrected chi connectivity index (χ0v) is 13.5. The van der Waals surface area contributed by atoms with Gasteiger partial charge in [0.1, 0.15) is 48.8 Å². The zero-order valence-electron chi connectivity index (χ0n) is 13.5. The Balaban J connectivity index is 1.75. The van der Waals surface area contributed by atoms with E-state index in [1.54, 1.807) is 6.92 Å². The van der Waals surface area contributed by atoms with Crippen molar-refractivity contribution in [2.24, 2.45) is 4.99 Å². The van der Waals surface area contributed by atoms with Crippen LogP contribution in [0.2, 0.25) is 0 Å². The van der Waals surface area contributed by atoms with E-state index in [-0.39, 0.29) is 0 Å². The molecule has 0 aromatic carbocycles. The topological polar surface area (TPSA) is 171 Å². The van der Waals surface area contributed by atoms with Crippen LogP contribution in [0.4, 0.5) is 0 Å². The molecule has 0 aliphatic carbocycles. The third-order valence-electron chi connectivity index (χ3n) is 4.58. The van der Waals surface area contributed by atoms with Gasteiger partial charge in [0, 0.05) is 6.92 Å². The van der Waals surface area contributed by atoms with Crippen LogP contribution in [0.25, 0.3) is 0 Å². The highest BCUT2D eigenvalue weighted by Gasteiger charge is 2.52. The summed E-state index contributed by atoms with van der Waals surface area (Å²) in [6, 6.07) is -0.780. The molecule has 10 atom stereocenters. The van der Waals surface area contributed by atoms with E-state index in [2.05, 4.69) is 4.99 Å². The largest absolute Gasteiger partial charge is 0.450 e. The molecule has 2 fully saturated rings. The lowest BCUT2D eigenvalue weighted by Crippen LogP contribution is -2.63. The van der Waals surface area contributed by atoms with Gasteiger partial charge in [-0.15, -0.1) is 0 Å². The van der Waals surface area contributed by atoms with Gasteiger partial charge < -0.3 is 49.6 Å². The molecule has 0 spiro atoms. The summed E-state index contributed by atoms with van der Waals surface area (Å²) in [6.45, 7) is 0.473. The fourth-order valence-electron chi connectivity index (χ4n) is 3.20. The van der Waals surface area contributed by atoms with Crippen LogP contribution in [0.15, 0.2) is 4.99 Å². The summed E-state index contributed by atoms with van der Waals surface area (Å²) in [5, 5.41) is 58.9. The number of aliphatic hydroxyl groups is 6. The summed E-state index contributed by atoms with van der Waals surface area (Å²) in [5.74, 6) is 0.319. The van der Waals surface area contributed by atoms with Gasteiger partial charge in [0.25, 0.3) is 0 Å². The maximum Gasteiger partial charge on any atom is 0.227 e. The van der Waals surface area contributed by atoms with Crippen LogP contribution in [0.3, 0.4) is 0 Å². The number of rotatable bonds is 4. The molecular weight excluding hydrogens is 342 g/mol. The van der Waals surface area contributed by atoms with E-state index in [0.717, 1.165) is 0 Å². The first kappa shape index (κ1) is 18.9. The Labute approximate surface area is 143 Å². The molecule has 25 heavy (non-hydrogen) atoms. The number of aliphatic hydroxyl groups excluding tert-OH is 6. The fourth-order valence-corrected chi connectivity index (χ4v) is 3.20. The van der Waals surface area contributed by atoms with Crippen molar-refractivity contribution in [1.29, 1.82) is 0 Å². The predicted molar refractivity (Wildman–Crippen MR) is 78.4 cm³/mol. The lowest BCUT2D eigenvalue weighted by atomic mass is 9.96. The van der Waals surface area contributed by atoms with Crippen molar-refractivity contribution in [2.45, 2.75) is 68.3 Å². The van der Waals surface area contributed by atoms with Gasteiger partial charge in [0.15, 0.2) is 12.2 Å². The van der Waals surface area contributed by atoms with Crippen LogP contribution < -0.4 is 0 Å². The number of aliphatic imine (C=N–C) groups is 1. The molecular formula is C14H23NO10. The highest BCUT2D eigenvalue weighted by Crippen LogP contribution is 2.32. The van der Waals surface area contributed by atoms with Gasteiger partial charge in [-0.2, -0.15) is 0 Å². The van der Waals surface area contributed by atoms with Gasteiger partial charge in [-0.25, -0.2) is 4.99 Å². The molecule has 3 aliphatic rings. The fraction of sp³-hybridized carbons (Fsp3) is 0.929. The van der Waals surface area contributed by atoms with Gasteiger partial charge in [0.2, 0.25) is 6.29 Å². The molecule has 0 aromatic rings. The molecule has 0 bridgehead atoms. The van der Waals surface area contributed by atoms with Gasteiger partial charge in [-0.1, -0.05) is 0 Å². The van der Waals surface area contributed by atoms with Crippen LogP contribution in [-0.2, 0) is 18.9 Å². The molecule has 0 radical (unpaired) electrons. The molecule has 4 unspecified atom stereocenters. The molecule has 3 rings (SSSR count). The summed E-state index contributed by atoms with van der Waals surface area (Å²) >= 11 is 0. The number of nitrogens with zero attached hydrogens (tertiary/aromatic N) is 1. The maximum atomic E-state index is 10.5. The van der Waals surface area contributed by atoms with Gasteiger partial charge in [0.05, 0.1) is 13.2 Å². The van der Waals surface area contributed by atoms with Gasteiger partial charge in [-0.3, -0.25) is 0 Å². The molecule has 144 valence electrons. The molecule has 11 heteroatoms. The average molecular weight is 365 g/mol. The minimum absolute atomic E-state index is 0.319. The second kappa shape index (κ2) is 7.39. The van der Waals surface area contributed by atoms with E-state index in [9.17, 15) is 30.6 Å². The molecule has 3 aliphatic heterocycles. The molecule has 0 saturated carbocycles. The third-order valence-corrected chi connectivity index (χ3v) is 4.58. The van der Waals surface area contributed by atoms with E-state index in [1.807, 2.05) is 0 Å². The van der Waals surface area contributed by atoms with Crippen LogP contribution >= 0.6 is 0 Å². The van der Waals surface area contributed by atoms with Crippen molar-refractivity contribution in [3.05, 3.63) is 0 Å². The average Bonchev–Trinajstić information content (AvgIpc) is 2.97. The lowest BCUT2D eigenvalue weighted by Gasteiger charge is -2.44.